The lowest BCUT2D eigenvalue weighted by molar-refractivity contribution is -0.142. The number of amides is 1. The van der Waals surface area contributed by atoms with E-state index < -0.39 is 27.9 Å². The number of nitrogens with two attached hydrogens (primary N) is 1. The Morgan fingerprint density at radius 3 is 2.54 bits per heavy atom. The van der Waals surface area contributed by atoms with E-state index in [0.29, 0.717) is 0 Å². The Balaban J connectivity index is 2.13. The van der Waals surface area contributed by atoms with E-state index in [9.17, 15) is 18.0 Å². The molecule has 0 aliphatic heterocycles. The highest BCUT2D eigenvalue weighted by Crippen LogP contribution is 2.19. The summed E-state index contributed by atoms with van der Waals surface area (Å²) in [5, 5.41) is 1.64. The molecular formula is C18H20N2O5S. The minimum Gasteiger partial charge on any atom is -0.461 e. The first kappa shape index (κ1) is 19.6. The first-order chi connectivity index (χ1) is 12.3. The molecule has 0 saturated carbocycles. The molecule has 0 aliphatic carbocycles. The highest BCUT2D eigenvalue weighted by Gasteiger charge is 2.25. The first-order valence-corrected chi connectivity index (χ1v) is 9.39. The Kier molecular flexibility index (Phi) is 6.48. The second kappa shape index (κ2) is 8.59. The number of carbonyl (C=O) groups excluding carboxylic acids is 2. The summed E-state index contributed by atoms with van der Waals surface area (Å²) in [6, 6.07) is 10.7. The molecule has 0 spiro atoms. The Morgan fingerprint density at radius 2 is 1.88 bits per heavy atom. The Hall–Kier alpha value is -2.71. The molecule has 0 heterocycles. The Labute approximate surface area is 151 Å². The van der Waals surface area contributed by atoms with Crippen molar-refractivity contribution in [2.24, 2.45) is 5.73 Å². The van der Waals surface area contributed by atoms with Crippen molar-refractivity contribution in [3.63, 3.8) is 0 Å². The van der Waals surface area contributed by atoms with Gasteiger partial charge in [-0.15, -0.1) is 0 Å². The van der Waals surface area contributed by atoms with E-state index in [-0.39, 0.29) is 24.3 Å². The van der Waals surface area contributed by atoms with Crippen molar-refractivity contribution in [1.29, 1.82) is 0 Å². The number of fused-ring (bicyclic) bond motifs is 1. The largest absolute Gasteiger partial charge is 0.461 e. The normalized spacial score (nSPS) is 12.5. The van der Waals surface area contributed by atoms with E-state index in [1.807, 2.05) is 12.1 Å². The van der Waals surface area contributed by atoms with Gasteiger partial charge in [-0.2, -0.15) is 4.72 Å². The second-order valence-electron chi connectivity index (χ2n) is 5.60. The zero-order valence-corrected chi connectivity index (χ0v) is 14.9. The van der Waals surface area contributed by atoms with Crippen LogP contribution in [-0.4, -0.2) is 32.9 Å². The predicted molar refractivity (Wildman–Crippen MR) is 97.6 cm³/mol. The van der Waals surface area contributed by atoms with Crippen molar-refractivity contribution < 1.29 is 22.7 Å². The van der Waals surface area contributed by atoms with Gasteiger partial charge in [0.05, 0.1) is 4.90 Å². The summed E-state index contributed by atoms with van der Waals surface area (Å²) >= 11 is 0. The molecule has 0 aromatic heterocycles. The third-order valence-corrected chi connectivity index (χ3v) is 5.14. The smallest absolute Gasteiger partial charge is 0.306 e. The summed E-state index contributed by atoms with van der Waals surface area (Å²) in [6.45, 7) is 3.46. The number of carbonyl (C=O) groups is 2. The maximum absolute atomic E-state index is 12.6. The van der Waals surface area contributed by atoms with Crippen LogP contribution in [0.4, 0.5) is 0 Å². The van der Waals surface area contributed by atoms with Gasteiger partial charge in [-0.25, -0.2) is 8.42 Å². The van der Waals surface area contributed by atoms with E-state index in [2.05, 4.69) is 11.3 Å². The number of sulfonamides is 1. The molecule has 0 bridgehead atoms. The summed E-state index contributed by atoms with van der Waals surface area (Å²) in [7, 11) is -3.98. The summed E-state index contributed by atoms with van der Waals surface area (Å²) in [4.78, 5) is 23.1. The lowest BCUT2D eigenvalue weighted by atomic mass is 10.1. The molecule has 2 rings (SSSR count). The zero-order chi connectivity index (χ0) is 19.2. The highest BCUT2D eigenvalue weighted by molar-refractivity contribution is 7.89. The van der Waals surface area contributed by atoms with E-state index >= 15 is 0 Å². The summed E-state index contributed by atoms with van der Waals surface area (Å²) in [6.07, 6.45) is 1.16. The predicted octanol–water partition coefficient (Wildman–Crippen LogP) is 1.48. The van der Waals surface area contributed by atoms with Gasteiger partial charge in [0.1, 0.15) is 12.6 Å². The van der Waals surface area contributed by atoms with E-state index in [4.69, 9.17) is 10.5 Å². The number of benzene rings is 2. The molecule has 0 aliphatic rings. The van der Waals surface area contributed by atoms with Crippen LogP contribution in [0.5, 0.6) is 0 Å². The van der Waals surface area contributed by atoms with Gasteiger partial charge < -0.3 is 10.5 Å². The van der Waals surface area contributed by atoms with Gasteiger partial charge in [0, 0.05) is 6.42 Å². The maximum Gasteiger partial charge on any atom is 0.306 e. The molecule has 0 fully saturated rings. The van der Waals surface area contributed by atoms with Crippen molar-refractivity contribution in [3.05, 3.63) is 55.1 Å². The topological polar surface area (TPSA) is 116 Å². The SMILES string of the molecule is C=CCOC(=O)CC[C@H](NS(=O)(=O)c1ccc2ccccc2c1)C(N)=O. The molecule has 2 aromatic rings. The summed E-state index contributed by atoms with van der Waals surface area (Å²) < 4.78 is 32.2. The van der Waals surface area contributed by atoms with Crippen LogP contribution in [0.15, 0.2) is 60.0 Å². The monoisotopic (exact) mass is 376 g/mol. The van der Waals surface area contributed by atoms with Gasteiger partial charge in [0.2, 0.25) is 15.9 Å². The third kappa shape index (κ3) is 5.14. The van der Waals surface area contributed by atoms with Gasteiger partial charge in [0.25, 0.3) is 0 Å². The fourth-order valence-corrected chi connectivity index (χ4v) is 3.61. The summed E-state index contributed by atoms with van der Waals surface area (Å²) in [5.41, 5.74) is 5.26. The second-order valence-corrected chi connectivity index (χ2v) is 7.31. The van der Waals surface area contributed by atoms with Crippen LogP contribution >= 0.6 is 0 Å². The maximum atomic E-state index is 12.6. The molecule has 1 amide bonds. The minimum atomic E-state index is -3.98. The molecule has 3 N–H and O–H groups in total. The van der Waals surface area contributed by atoms with E-state index in [1.165, 1.54) is 18.2 Å². The zero-order valence-electron chi connectivity index (χ0n) is 14.1. The molecule has 1 atom stereocenters. The van der Waals surface area contributed by atoms with Crippen molar-refractivity contribution in [2.75, 3.05) is 6.61 Å². The van der Waals surface area contributed by atoms with Crippen LogP contribution < -0.4 is 10.5 Å². The molecule has 0 unspecified atom stereocenters. The van der Waals surface area contributed by atoms with E-state index in [0.717, 1.165) is 10.8 Å². The van der Waals surface area contributed by atoms with E-state index in [1.54, 1.807) is 18.2 Å². The Bertz CT molecular complexity index is 924. The van der Waals surface area contributed by atoms with Crippen molar-refractivity contribution >= 4 is 32.7 Å². The fourth-order valence-electron chi connectivity index (χ4n) is 2.34. The number of ether oxygens (including phenoxy) is 1. The lowest BCUT2D eigenvalue weighted by Crippen LogP contribution is -2.44. The summed E-state index contributed by atoms with van der Waals surface area (Å²) in [5.74, 6) is -1.44. The van der Waals surface area contributed by atoms with Gasteiger partial charge in [-0.1, -0.05) is 43.0 Å². The molecule has 7 nitrogen and oxygen atoms in total. The molecule has 26 heavy (non-hydrogen) atoms. The van der Waals surface area contributed by atoms with Crippen LogP contribution in [0.1, 0.15) is 12.8 Å². The van der Waals surface area contributed by atoms with Crippen LogP contribution in [0.2, 0.25) is 0 Å². The quantitative estimate of drug-likeness (QED) is 0.508. The Morgan fingerprint density at radius 1 is 1.19 bits per heavy atom. The van der Waals surface area contributed by atoms with Crippen LogP contribution in [0, 0.1) is 0 Å². The number of nitrogens with one attached hydrogen (secondary N) is 1. The molecule has 0 radical (unpaired) electrons. The third-order valence-electron chi connectivity index (χ3n) is 3.67. The van der Waals surface area contributed by atoms with Crippen LogP contribution in [0.25, 0.3) is 10.8 Å². The number of esters is 1. The molecular weight excluding hydrogens is 356 g/mol. The average molecular weight is 376 g/mol. The number of hydrogen-bond donors (Lipinski definition) is 2. The lowest BCUT2D eigenvalue weighted by Gasteiger charge is -2.15. The van der Waals surface area contributed by atoms with Crippen molar-refractivity contribution in [2.45, 2.75) is 23.8 Å². The van der Waals surface area contributed by atoms with Gasteiger partial charge >= 0.3 is 5.97 Å². The van der Waals surface area contributed by atoms with Crippen molar-refractivity contribution in [3.8, 4) is 0 Å². The number of rotatable bonds is 9. The number of primary amides is 1. The first-order valence-electron chi connectivity index (χ1n) is 7.90. The molecule has 0 saturated heterocycles. The van der Waals surface area contributed by atoms with Crippen LogP contribution in [0.3, 0.4) is 0 Å². The highest BCUT2D eigenvalue weighted by atomic mass is 32.2. The number of hydrogen-bond acceptors (Lipinski definition) is 5. The fraction of sp³-hybridized carbons (Fsp3) is 0.222. The minimum absolute atomic E-state index is 0.0108. The average Bonchev–Trinajstić information content (AvgIpc) is 2.62. The van der Waals surface area contributed by atoms with Gasteiger partial charge in [-0.05, 0) is 29.3 Å². The van der Waals surface area contributed by atoms with Gasteiger partial charge in [0.15, 0.2) is 0 Å². The standard InChI is InChI=1S/C18H20N2O5S/c1-2-11-25-17(21)10-9-16(18(19)22)20-26(23,24)15-8-7-13-5-3-4-6-14(13)12-15/h2-8,12,16,20H,1,9-11H2,(H2,19,22)/t16-/m0/s1. The molecule has 8 heteroatoms. The van der Waals surface area contributed by atoms with Crippen molar-refractivity contribution in [1.82, 2.24) is 4.72 Å². The van der Waals surface area contributed by atoms with Gasteiger partial charge in [-0.3, -0.25) is 9.59 Å². The van der Waals surface area contributed by atoms with Crippen LogP contribution in [-0.2, 0) is 24.3 Å². The molecule has 138 valence electrons. The molecule has 2 aromatic carbocycles.